The summed E-state index contributed by atoms with van der Waals surface area (Å²) >= 11 is 7.73. The second-order valence-corrected chi connectivity index (χ2v) is 3.94. The van der Waals surface area contributed by atoms with Crippen LogP contribution in [0.4, 0.5) is 0 Å². The van der Waals surface area contributed by atoms with Crippen molar-refractivity contribution in [3.05, 3.63) is 27.1 Å². The van der Waals surface area contributed by atoms with E-state index in [1.165, 1.54) is 6.20 Å². The molecule has 1 aromatic heterocycles. The van der Waals surface area contributed by atoms with Gasteiger partial charge in [0, 0.05) is 9.77 Å². The molecule has 0 bridgehead atoms. The Hall–Kier alpha value is -0.360. The molecule has 0 saturated heterocycles. The number of carbonyl (C=O) groups excluding carboxylic acids is 1. The summed E-state index contributed by atoms with van der Waals surface area (Å²) < 4.78 is 5.72. The number of esters is 1. The molecule has 0 spiro atoms. The number of nitrogens with zero attached hydrogens (tertiary/aromatic N) is 1. The maximum absolute atomic E-state index is 11.3. The van der Waals surface area contributed by atoms with E-state index in [2.05, 4.69) is 27.6 Å². The van der Waals surface area contributed by atoms with Gasteiger partial charge in [0.15, 0.2) is 0 Å². The van der Waals surface area contributed by atoms with Crippen LogP contribution in [-0.4, -0.2) is 17.6 Å². The Balaban J connectivity index is 2.91. The van der Waals surface area contributed by atoms with Crippen molar-refractivity contribution in [1.82, 2.24) is 4.98 Å². The Kier molecular flexibility index (Phi) is 4.60. The van der Waals surface area contributed by atoms with E-state index in [9.17, 15) is 4.79 Å². The average molecular weight is 326 g/mol. The zero-order valence-electron chi connectivity index (χ0n) is 7.59. The second kappa shape index (κ2) is 5.50. The fourth-order valence-electron chi connectivity index (χ4n) is 0.891. The summed E-state index contributed by atoms with van der Waals surface area (Å²) in [6.45, 7) is 2.14. The molecular weight excluding hydrogens is 316 g/mol. The van der Waals surface area contributed by atoms with Crippen LogP contribution in [0.15, 0.2) is 12.3 Å². The normalized spacial score (nSPS) is 9.93. The molecule has 0 radical (unpaired) electrons. The number of rotatable bonds is 3. The van der Waals surface area contributed by atoms with Crippen LogP contribution in [0.2, 0.25) is 0 Å². The van der Waals surface area contributed by atoms with Crippen LogP contribution < -0.4 is 0 Å². The van der Waals surface area contributed by atoms with Gasteiger partial charge in [-0.2, -0.15) is 0 Å². The maximum atomic E-state index is 11.3. The number of pyridine rings is 1. The summed E-state index contributed by atoms with van der Waals surface area (Å²) in [5, 5.41) is 0. The molecule has 0 unspecified atom stereocenters. The smallest absolute Gasteiger partial charge is 0.339 e. The Morgan fingerprint density at radius 3 is 2.93 bits per heavy atom. The molecule has 14 heavy (non-hydrogen) atoms. The topological polar surface area (TPSA) is 39.2 Å². The molecule has 0 amide bonds. The van der Waals surface area contributed by atoms with Crippen LogP contribution in [0.1, 0.15) is 23.0 Å². The Labute approximate surface area is 101 Å². The van der Waals surface area contributed by atoms with Gasteiger partial charge >= 0.3 is 5.97 Å². The number of ether oxygens (including phenoxy) is 1. The van der Waals surface area contributed by atoms with Gasteiger partial charge in [0.05, 0.1) is 23.7 Å². The van der Waals surface area contributed by atoms with E-state index in [1.807, 2.05) is 0 Å². The van der Waals surface area contributed by atoms with Crippen LogP contribution in [0.25, 0.3) is 0 Å². The van der Waals surface area contributed by atoms with Crippen molar-refractivity contribution in [3.63, 3.8) is 0 Å². The third-order valence-electron chi connectivity index (χ3n) is 1.56. The van der Waals surface area contributed by atoms with Crippen LogP contribution in [0.5, 0.6) is 0 Å². The maximum Gasteiger partial charge on any atom is 0.339 e. The molecule has 76 valence electrons. The molecule has 0 aliphatic rings. The summed E-state index contributed by atoms with van der Waals surface area (Å²) in [5.41, 5.74) is 1.24. The van der Waals surface area contributed by atoms with Crippen LogP contribution in [-0.2, 0) is 10.6 Å². The number of carbonyl (C=O) groups is 1. The van der Waals surface area contributed by atoms with Crippen LogP contribution in [0.3, 0.4) is 0 Å². The van der Waals surface area contributed by atoms with E-state index in [0.29, 0.717) is 18.1 Å². The quantitative estimate of drug-likeness (QED) is 0.487. The molecule has 0 aliphatic carbocycles. The highest BCUT2D eigenvalue weighted by atomic mass is 127. The number of hydrogen-bond acceptors (Lipinski definition) is 3. The predicted octanol–water partition coefficient (Wildman–Crippen LogP) is 2.60. The van der Waals surface area contributed by atoms with E-state index in [4.69, 9.17) is 16.3 Å². The first-order valence-corrected chi connectivity index (χ1v) is 5.67. The van der Waals surface area contributed by atoms with Gasteiger partial charge in [0.25, 0.3) is 0 Å². The van der Waals surface area contributed by atoms with Crippen LogP contribution >= 0.6 is 34.2 Å². The van der Waals surface area contributed by atoms with E-state index < -0.39 is 0 Å². The highest BCUT2D eigenvalue weighted by Crippen LogP contribution is 2.14. The van der Waals surface area contributed by atoms with Gasteiger partial charge in [-0.15, -0.1) is 11.6 Å². The summed E-state index contributed by atoms with van der Waals surface area (Å²) in [4.78, 5) is 15.4. The predicted molar refractivity (Wildman–Crippen MR) is 62.5 cm³/mol. The Bertz CT molecular complexity index is 344. The number of aromatic nitrogens is 1. The minimum Gasteiger partial charge on any atom is -0.462 e. The third kappa shape index (κ3) is 2.81. The fourth-order valence-corrected chi connectivity index (χ4v) is 1.99. The molecule has 0 saturated carbocycles. The van der Waals surface area contributed by atoms with Gasteiger partial charge < -0.3 is 4.74 Å². The number of hydrogen-bond donors (Lipinski definition) is 0. The molecule has 5 heteroatoms. The zero-order valence-corrected chi connectivity index (χ0v) is 10.5. The van der Waals surface area contributed by atoms with Gasteiger partial charge in [0.1, 0.15) is 0 Å². The third-order valence-corrected chi connectivity index (χ3v) is 2.74. The van der Waals surface area contributed by atoms with Crippen LogP contribution in [0, 0.1) is 3.57 Å². The van der Waals surface area contributed by atoms with Crippen molar-refractivity contribution in [2.45, 2.75) is 12.8 Å². The van der Waals surface area contributed by atoms with E-state index in [-0.39, 0.29) is 5.97 Å². The lowest BCUT2D eigenvalue weighted by Crippen LogP contribution is -2.06. The lowest BCUT2D eigenvalue weighted by Gasteiger charge is -2.03. The summed E-state index contributed by atoms with van der Waals surface area (Å²) in [6, 6.07) is 1.73. The first kappa shape index (κ1) is 11.7. The SMILES string of the molecule is CCOC(=O)c1cnc(CCl)c(I)c1. The molecular formula is C9H9ClINO2. The minimum atomic E-state index is -0.348. The van der Waals surface area contributed by atoms with Crippen molar-refractivity contribution in [2.75, 3.05) is 6.61 Å². The van der Waals surface area contributed by atoms with E-state index in [1.54, 1.807) is 13.0 Å². The van der Waals surface area contributed by atoms with Gasteiger partial charge in [-0.1, -0.05) is 0 Å². The Morgan fingerprint density at radius 2 is 2.43 bits per heavy atom. The highest BCUT2D eigenvalue weighted by molar-refractivity contribution is 14.1. The fraction of sp³-hybridized carbons (Fsp3) is 0.333. The number of alkyl halides is 1. The molecule has 0 aliphatic heterocycles. The standard InChI is InChI=1S/C9H9ClINO2/c1-2-14-9(13)6-3-7(11)8(4-10)12-5-6/h3,5H,2,4H2,1H3. The Morgan fingerprint density at radius 1 is 1.71 bits per heavy atom. The monoisotopic (exact) mass is 325 g/mol. The van der Waals surface area contributed by atoms with E-state index in [0.717, 1.165) is 9.26 Å². The van der Waals surface area contributed by atoms with Crippen molar-refractivity contribution in [3.8, 4) is 0 Å². The minimum absolute atomic E-state index is 0.348. The number of halogens is 2. The van der Waals surface area contributed by atoms with Gasteiger partial charge in [-0.3, -0.25) is 4.98 Å². The van der Waals surface area contributed by atoms with Crippen molar-refractivity contribution in [2.24, 2.45) is 0 Å². The molecule has 0 fully saturated rings. The van der Waals surface area contributed by atoms with E-state index >= 15 is 0 Å². The van der Waals surface area contributed by atoms with Gasteiger partial charge in [0.2, 0.25) is 0 Å². The molecule has 1 heterocycles. The summed E-state index contributed by atoms with van der Waals surface area (Å²) in [6.07, 6.45) is 1.48. The molecule has 0 atom stereocenters. The van der Waals surface area contributed by atoms with Crippen molar-refractivity contribution >= 4 is 40.2 Å². The first-order chi connectivity index (χ1) is 6.69. The van der Waals surface area contributed by atoms with Gasteiger partial charge in [-0.25, -0.2) is 4.79 Å². The summed E-state index contributed by atoms with van der Waals surface area (Å²) in [5.74, 6) is 0.000477. The molecule has 1 aromatic rings. The average Bonchev–Trinajstić information content (AvgIpc) is 2.18. The first-order valence-electron chi connectivity index (χ1n) is 4.06. The van der Waals surface area contributed by atoms with Crippen molar-refractivity contribution < 1.29 is 9.53 Å². The second-order valence-electron chi connectivity index (χ2n) is 2.51. The highest BCUT2D eigenvalue weighted by Gasteiger charge is 2.09. The largest absolute Gasteiger partial charge is 0.462 e. The molecule has 1 rings (SSSR count). The lowest BCUT2D eigenvalue weighted by atomic mass is 10.2. The molecule has 0 N–H and O–H groups in total. The summed E-state index contributed by atoms with van der Waals surface area (Å²) in [7, 11) is 0. The van der Waals surface area contributed by atoms with Gasteiger partial charge in [-0.05, 0) is 35.6 Å². The zero-order chi connectivity index (χ0) is 10.6. The molecule has 0 aromatic carbocycles. The lowest BCUT2D eigenvalue weighted by molar-refractivity contribution is 0.0526. The molecule has 3 nitrogen and oxygen atoms in total. The van der Waals surface area contributed by atoms with Crippen molar-refractivity contribution in [1.29, 1.82) is 0 Å².